The number of nitro benzene ring substituents is 1. The highest BCUT2D eigenvalue weighted by molar-refractivity contribution is 6.74. The molecule has 186 valence electrons. The molecule has 0 saturated carbocycles. The Bertz CT molecular complexity index is 1090. The van der Waals surface area contributed by atoms with Gasteiger partial charge < -0.3 is 19.2 Å². The van der Waals surface area contributed by atoms with E-state index in [2.05, 4.69) is 38.8 Å². The van der Waals surface area contributed by atoms with Gasteiger partial charge in [0.25, 0.3) is 5.69 Å². The van der Waals surface area contributed by atoms with Crippen LogP contribution in [-0.4, -0.2) is 57.6 Å². The zero-order valence-corrected chi connectivity index (χ0v) is 21.1. The minimum Gasteiger partial charge on any atom is -0.493 e. The third kappa shape index (κ3) is 5.86. The number of H-pyrrole nitrogens is 1. The number of nitro groups is 1. The molecule has 34 heavy (non-hydrogen) atoms. The topological polar surface area (TPSA) is 140 Å². The smallest absolute Gasteiger partial charge is 0.410 e. The highest BCUT2D eigenvalue weighted by atomic mass is 28.4. The predicted octanol–water partition coefficient (Wildman–Crippen LogP) is 3.59. The van der Waals surface area contributed by atoms with E-state index in [1.165, 1.54) is 22.9 Å². The summed E-state index contributed by atoms with van der Waals surface area (Å²) in [6.07, 6.45) is 1.06. The lowest BCUT2D eigenvalue weighted by Crippen LogP contribution is -2.45. The van der Waals surface area contributed by atoms with Gasteiger partial charge >= 0.3 is 11.8 Å². The lowest BCUT2D eigenvalue weighted by Gasteiger charge is -2.38. The van der Waals surface area contributed by atoms with E-state index in [0.29, 0.717) is 18.5 Å². The number of rotatable bonds is 7. The Labute approximate surface area is 198 Å². The molecule has 2 heterocycles. The third-order valence-electron chi connectivity index (χ3n) is 6.57. The average Bonchev–Trinajstić information content (AvgIpc) is 3.27. The summed E-state index contributed by atoms with van der Waals surface area (Å²) >= 11 is 0. The number of aromatic hydroxyl groups is 1. The zero-order valence-electron chi connectivity index (χ0n) is 20.1. The first-order chi connectivity index (χ1) is 15.8. The zero-order chi connectivity index (χ0) is 25.3. The maximum Gasteiger partial charge on any atom is 0.410 e. The second-order valence-electron chi connectivity index (χ2n) is 10.1. The van der Waals surface area contributed by atoms with Crippen LogP contribution in [0.15, 0.2) is 35.3 Å². The van der Waals surface area contributed by atoms with Crippen molar-refractivity contribution in [1.82, 2.24) is 14.5 Å². The Kier molecular flexibility index (Phi) is 7.22. The first-order valence-corrected chi connectivity index (χ1v) is 14.0. The van der Waals surface area contributed by atoms with E-state index in [9.17, 15) is 24.8 Å². The number of carbonyl (C=O) groups excluding carboxylic acids is 1. The SMILES string of the molecule is CC(C)(C)[Si](C)(C)O[C@@H]1C[C@@H](Cn2cc(O)[nH]c2=O)N(C(=O)OCc2ccc([N+](=O)[O-])cc2)C1. The lowest BCUT2D eigenvalue weighted by atomic mass is 10.2. The van der Waals surface area contributed by atoms with Gasteiger partial charge in [-0.3, -0.25) is 19.7 Å². The van der Waals surface area contributed by atoms with Crippen LogP contribution in [0.2, 0.25) is 18.1 Å². The number of nitrogens with zero attached hydrogens (tertiary/aromatic N) is 3. The first kappa shape index (κ1) is 25.5. The molecule has 0 unspecified atom stereocenters. The number of aromatic amines is 1. The molecule has 0 radical (unpaired) electrons. The number of aromatic nitrogens is 2. The van der Waals surface area contributed by atoms with Crippen molar-refractivity contribution in [2.75, 3.05) is 6.54 Å². The Hall–Kier alpha value is -3.12. The minimum atomic E-state index is -2.10. The summed E-state index contributed by atoms with van der Waals surface area (Å²) in [4.78, 5) is 39.3. The molecule has 1 amide bonds. The Morgan fingerprint density at radius 2 is 1.94 bits per heavy atom. The average molecular weight is 493 g/mol. The first-order valence-electron chi connectivity index (χ1n) is 11.1. The molecule has 1 aromatic carbocycles. The van der Waals surface area contributed by atoms with E-state index in [-0.39, 0.29) is 41.9 Å². The largest absolute Gasteiger partial charge is 0.493 e. The van der Waals surface area contributed by atoms with Crippen molar-refractivity contribution in [3.05, 3.63) is 56.6 Å². The summed E-state index contributed by atoms with van der Waals surface area (Å²) in [5.74, 6) is -0.246. The van der Waals surface area contributed by atoms with E-state index in [0.717, 1.165) is 0 Å². The number of nitrogens with one attached hydrogen (secondary N) is 1. The van der Waals surface area contributed by atoms with E-state index >= 15 is 0 Å². The van der Waals surface area contributed by atoms with Gasteiger partial charge in [-0.2, -0.15) is 0 Å². The monoisotopic (exact) mass is 492 g/mol. The number of imidazole rings is 1. The molecule has 0 aliphatic carbocycles. The second kappa shape index (κ2) is 9.62. The molecule has 2 atom stereocenters. The van der Waals surface area contributed by atoms with Crippen molar-refractivity contribution in [2.24, 2.45) is 0 Å². The molecule has 11 nitrogen and oxygen atoms in total. The molecule has 1 aliphatic rings. The van der Waals surface area contributed by atoms with Crippen LogP contribution in [0, 0.1) is 10.1 Å². The van der Waals surface area contributed by atoms with Gasteiger partial charge in [0.2, 0.25) is 5.88 Å². The van der Waals surface area contributed by atoms with Gasteiger partial charge in [-0.25, -0.2) is 9.59 Å². The van der Waals surface area contributed by atoms with Crippen LogP contribution >= 0.6 is 0 Å². The molecule has 0 bridgehead atoms. The minimum absolute atomic E-state index is 0.00425. The molecule has 1 fully saturated rings. The number of non-ortho nitro benzene ring substituents is 1. The second-order valence-corrected chi connectivity index (χ2v) is 14.9. The van der Waals surface area contributed by atoms with Gasteiger partial charge in [0.05, 0.1) is 23.3 Å². The van der Waals surface area contributed by atoms with E-state index in [1.807, 2.05) is 0 Å². The number of hydrogen-bond donors (Lipinski definition) is 2. The summed E-state index contributed by atoms with van der Waals surface area (Å²) < 4.78 is 13.3. The van der Waals surface area contributed by atoms with Gasteiger partial charge in [0.15, 0.2) is 8.32 Å². The van der Waals surface area contributed by atoms with Crippen LogP contribution in [0.3, 0.4) is 0 Å². The van der Waals surface area contributed by atoms with Crippen LogP contribution in [0.4, 0.5) is 10.5 Å². The third-order valence-corrected chi connectivity index (χ3v) is 11.1. The van der Waals surface area contributed by atoms with Crippen molar-refractivity contribution in [3.8, 4) is 5.88 Å². The number of carbonyl (C=O) groups is 1. The van der Waals surface area contributed by atoms with Gasteiger partial charge in [-0.1, -0.05) is 20.8 Å². The molecule has 2 aromatic rings. The Balaban J connectivity index is 1.73. The standard InChI is InChI=1S/C22H32N4O7Si/c1-22(2,3)34(4,5)33-18-10-17(11-24-13-19(27)23-20(24)28)25(12-18)21(29)32-14-15-6-8-16(9-7-15)26(30)31/h6-9,13,17-18,27H,10-12,14H2,1-5H3,(H,23,28)/t17-,18+/m0/s1. The summed E-state index contributed by atoms with van der Waals surface area (Å²) in [6.45, 7) is 11.2. The fourth-order valence-electron chi connectivity index (χ4n) is 3.67. The maximum absolute atomic E-state index is 13.0. The molecule has 1 aromatic heterocycles. The van der Waals surface area contributed by atoms with Crippen LogP contribution in [0.25, 0.3) is 0 Å². The molecule has 1 saturated heterocycles. The fourth-order valence-corrected chi connectivity index (χ4v) is 5.03. The number of hydrogen-bond acceptors (Lipinski definition) is 7. The highest BCUT2D eigenvalue weighted by Gasteiger charge is 2.44. The summed E-state index contributed by atoms with van der Waals surface area (Å²) in [5, 5.41) is 20.4. The van der Waals surface area contributed by atoms with Crippen LogP contribution in [0.1, 0.15) is 32.8 Å². The van der Waals surface area contributed by atoms with Crippen LogP contribution in [0.5, 0.6) is 5.88 Å². The Morgan fingerprint density at radius 3 is 2.47 bits per heavy atom. The van der Waals surface area contributed by atoms with Gasteiger partial charge in [-0.15, -0.1) is 0 Å². The van der Waals surface area contributed by atoms with Gasteiger partial charge in [0.1, 0.15) is 6.61 Å². The highest BCUT2D eigenvalue weighted by Crippen LogP contribution is 2.39. The van der Waals surface area contributed by atoms with Crippen molar-refractivity contribution in [2.45, 2.75) is 70.6 Å². The van der Waals surface area contributed by atoms with Crippen molar-refractivity contribution in [3.63, 3.8) is 0 Å². The molecule has 2 N–H and O–H groups in total. The van der Waals surface area contributed by atoms with E-state index in [1.54, 1.807) is 17.0 Å². The van der Waals surface area contributed by atoms with Crippen LogP contribution in [-0.2, 0) is 22.3 Å². The normalized spacial score (nSPS) is 18.8. The van der Waals surface area contributed by atoms with Crippen LogP contribution < -0.4 is 5.69 Å². The maximum atomic E-state index is 13.0. The van der Waals surface area contributed by atoms with Gasteiger partial charge in [0, 0.05) is 25.2 Å². The molecular formula is C22H32N4O7Si. The molecular weight excluding hydrogens is 460 g/mol. The van der Waals surface area contributed by atoms with Crippen molar-refractivity contribution < 1.29 is 24.0 Å². The molecule has 12 heteroatoms. The quantitative estimate of drug-likeness (QED) is 0.342. The number of amides is 1. The summed E-state index contributed by atoms with van der Waals surface area (Å²) in [6, 6.07) is 5.43. The van der Waals surface area contributed by atoms with E-state index < -0.39 is 25.0 Å². The summed E-state index contributed by atoms with van der Waals surface area (Å²) in [5.41, 5.74) is 0.113. The molecule has 1 aliphatic heterocycles. The lowest BCUT2D eigenvalue weighted by molar-refractivity contribution is -0.384. The van der Waals surface area contributed by atoms with Gasteiger partial charge in [-0.05, 0) is 42.2 Å². The molecule has 3 rings (SSSR count). The molecule has 0 spiro atoms. The number of ether oxygens (including phenoxy) is 1. The fraction of sp³-hybridized carbons (Fsp3) is 0.545. The van der Waals surface area contributed by atoms with Crippen molar-refractivity contribution in [1.29, 1.82) is 0 Å². The number of likely N-dealkylation sites (tertiary alicyclic amines) is 1. The predicted molar refractivity (Wildman–Crippen MR) is 127 cm³/mol. The van der Waals surface area contributed by atoms with Crippen molar-refractivity contribution >= 4 is 20.1 Å². The summed E-state index contributed by atoms with van der Waals surface area (Å²) in [7, 11) is -2.10. The number of benzene rings is 1. The Morgan fingerprint density at radius 1 is 1.29 bits per heavy atom. The van der Waals surface area contributed by atoms with E-state index in [4.69, 9.17) is 9.16 Å².